The van der Waals surface area contributed by atoms with E-state index in [1.807, 2.05) is 18.0 Å². The lowest BCUT2D eigenvalue weighted by molar-refractivity contribution is 0.796. The third-order valence-corrected chi connectivity index (χ3v) is 6.80. The maximum absolute atomic E-state index is 4.74. The third kappa shape index (κ3) is 7.97. The molecule has 29 heavy (non-hydrogen) atoms. The maximum atomic E-state index is 4.74. The van der Waals surface area contributed by atoms with Gasteiger partial charge in [0, 0.05) is 60.9 Å². The number of halogens is 1. The van der Waals surface area contributed by atoms with Crippen molar-refractivity contribution in [1.29, 1.82) is 0 Å². The second-order valence-corrected chi connectivity index (χ2v) is 9.14. The topological polar surface area (TPSA) is 52.6 Å². The summed E-state index contributed by atoms with van der Waals surface area (Å²) in [6, 6.07) is 8.86. The quantitative estimate of drug-likeness (QED) is 0.296. The molecule has 0 bridgehead atoms. The van der Waals surface area contributed by atoms with Crippen LogP contribution in [0.3, 0.4) is 0 Å². The Kier molecular flexibility index (Phi) is 11.2. The smallest absolute Gasteiger partial charge is 0.191 e. The summed E-state index contributed by atoms with van der Waals surface area (Å²) in [5.41, 5.74) is 2.56. The van der Waals surface area contributed by atoms with Gasteiger partial charge in [-0.25, -0.2) is 9.98 Å². The molecule has 2 N–H and O–H groups in total. The molecule has 0 atom stereocenters. The summed E-state index contributed by atoms with van der Waals surface area (Å²) < 4.78 is 0. The Morgan fingerprint density at radius 1 is 1.14 bits per heavy atom. The van der Waals surface area contributed by atoms with E-state index in [9.17, 15) is 0 Å². The Morgan fingerprint density at radius 2 is 1.90 bits per heavy atom. The number of aliphatic imine (C=N–C) groups is 1. The largest absolute Gasteiger partial charge is 0.370 e. The molecule has 0 spiro atoms. The predicted molar refractivity (Wildman–Crippen MR) is 139 cm³/mol. The molecule has 1 fully saturated rings. The summed E-state index contributed by atoms with van der Waals surface area (Å²) in [7, 11) is 0. The summed E-state index contributed by atoms with van der Waals surface area (Å²) >= 11 is 3.85. The second-order valence-electron chi connectivity index (χ2n) is 6.71. The average Bonchev–Trinajstić information content (AvgIpc) is 3.21. The number of anilines is 1. The molecule has 1 aromatic heterocycles. The van der Waals surface area contributed by atoms with E-state index in [1.54, 1.807) is 11.3 Å². The Balaban J connectivity index is 0.00000300. The zero-order valence-electron chi connectivity index (χ0n) is 17.3. The number of guanidine groups is 1. The highest BCUT2D eigenvalue weighted by Gasteiger charge is 2.10. The molecular formula is C21H32IN5S2. The molecule has 0 amide bonds. The van der Waals surface area contributed by atoms with Crippen LogP contribution in [0.15, 0.2) is 35.5 Å². The van der Waals surface area contributed by atoms with Gasteiger partial charge in [0.1, 0.15) is 0 Å². The van der Waals surface area contributed by atoms with Crippen LogP contribution >= 0.6 is 47.1 Å². The maximum Gasteiger partial charge on any atom is 0.191 e. The highest BCUT2D eigenvalue weighted by molar-refractivity contribution is 14.0. The van der Waals surface area contributed by atoms with E-state index in [0.29, 0.717) is 6.54 Å². The van der Waals surface area contributed by atoms with Gasteiger partial charge in [-0.3, -0.25) is 0 Å². The van der Waals surface area contributed by atoms with Crippen LogP contribution in [0.2, 0.25) is 0 Å². The van der Waals surface area contributed by atoms with Crippen molar-refractivity contribution in [3.8, 4) is 0 Å². The predicted octanol–water partition coefficient (Wildman–Crippen LogP) is 4.17. The molecule has 1 aliphatic heterocycles. The first kappa shape index (κ1) is 24.3. The van der Waals surface area contributed by atoms with Crippen molar-refractivity contribution in [2.24, 2.45) is 4.99 Å². The van der Waals surface area contributed by atoms with Gasteiger partial charge in [0.25, 0.3) is 0 Å². The number of hydrogen-bond acceptors (Lipinski definition) is 5. The van der Waals surface area contributed by atoms with Gasteiger partial charge in [0.05, 0.1) is 11.6 Å². The summed E-state index contributed by atoms with van der Waals surface area (Å²) in [6.07, 6.45) is 3.98. The highest BCUT2D eigenvalue weighted by Crippen LogP contribution is 2.20. The number of rotatable bonds is 8. The van der Waals surface area contributed by atoms with Crippen LogP contribution in [-0.4, -0.2) is 48.6 Å². The second kappa shape index (κ2) is 13.3. The molecule has 2 aromatic rings. The van der Waals surface area contributed by atoms with E-state index in [2.05, 4.69) is 58.6 Å². The standard InChI is InChI=1S/C21H31N5S2.HI/c1-3-19-16-24-20(28-19)9-10-23-21(22-4-2)25-15-17-5-7-18(8-6-17)26-11-13-27-14-12-26;/h5-8,16H,3-4,9-15H2,1-2H3,(H2,22,23,25);1H. The first-order chi connectivity index (χ1) is 13.8. The molecule has 0 radical (unpaired) electrons. The summed E-state index contributed by atoms with van der Waals surface area (Å²) in [5, 5.41) is 7.94. The van der Waals surface area contributed by atoms with Crippen LogP contribution in [0.1, 0.15) is 29.3 Å². The summed E-state index contributed by atoms with van der Waals surface area (Å²) in [6.45, 7) is 8.94. The Morgan fingerprint density at radius 3 is 2.55 bits per heavy atom. The number of hydrogen-bond donors (Lipinski definition) is 2. The number of aromatic nitrogens is 1. The number of nitrogens with zero attached hydrogens (tertiary/aromatic N) is 3. The first-order valence-electron chi connectivity index (χ1n) is 10.2. The molecule has 3 rings (SSSR count). The average molecular weight is 546 g/mol. The van der Waals surface area contributed by atoms with Gasteiger partial charge in [-0.05, 0) is 31.0 Å². The zero-order valence-corrected chi connectivity index (χ0v) is 21.3. The van der Waals surface area contributed by atoms with Gasteiger partial charge >= 0.3 is 0 Å². The SMILES string of the molecule is CCNC(=NCc1ccc(N2CCSCC2)cc1)NCCc1ncc(CC)s1.I. The summed E-state index contributed by atoms with van der Waals surface area (Å²) in [5.74, 6) is 3.32. The molecule has 0 unspecified atom stereocenters. The van der Waals surface area contributed by atoms with E-state index >= 15 is 0 Å². The van der Waals surface area contributed by atoms with Crippen LogP contribution in [0.4, 0.5) is 5.69 Å². The van der Waals surface area contributed by atoms with E-state index in [1.165, 1.54) is 32.6 Å². The molecular weight excluding hydrogens is 513 g/mol. The summed E-state index contributed by atoms with van der Waals surface area (Å²) in [4.78, 5) is 13.0. The molecule has 1 aromatic carbocycles. The highest BCUT2D eigenvalue weighted by atomic mass is 127. The van der Waals surface area contributed by atoms with E-state index in [-0.39, 0.29) is 24.0 Å². The molecule has 2 heterocycles. The molecule has 1 aliphatic rings. The van der Waals surface area contributed by atoms with Crippen molar-refractivity contribution in [2.75, 3.05) is 42.6 Å². The normalized spacial score (nSPS) is 14.4. The van der Waals surface area contributed by atoms with Gasteiger partial charge in [-0.15, -0.1) is 35.3 Å². The van der Waals surface area contributed by atoms with Crippen LogP contribution in [-0.2, 0) is 19.4 Å². The third-order valence-electron chi connectivity index (χ3n) is 4.66. The Bertz CT molecular complexity index is 742. The fraction of sp³-hybridized carbons (Fsp3) is 0.524. The van der Waals surface area contributed by atoms with Gasteiger partial charge < -0.3 is 15.5 Å². The molecule has 160 valence electrons. The Labute approximate surface area is 200 Å². The van der Waals surface area contributed by atoms with Crippen molar-refractivity contribution in [2.45, 2.75) is 33.2 Å². The van der Waals surface area contributed by atoms with Crippen LogP contribution < -0.4 is 15.5 Å². The number of benzene rings is 1. The monoisotopic (exact) mass is 545 g/mol. The minimum absolute atomic E-state index is 0. The van der Waals surface area contributed by atoms with Crippen molar-refractivity contribution in [3.63, 3.8) is 0 Å². The van der Waals surface area contributed by atoms with Crippen LogP contribution in [0.5, 0.6) is 0 Å². The van der Waals surface area contributed by atoms with Crippen molar-refractivity contribution < 1.29 is 0 Å². The molecule has 0 saturated carbocycles. The number of nitrogens with one attached hydrogen (secondary N) is 2. The lowest BCUT2D eigenvalue weighted by atomic mass is 10.2. The number of thiazole rings is 1. The number of thioether (sulfide) groups is 1. The molecule has 0 aliphatic carbocycles. The molecule has 1 saturated heterocycles. The minimum atomic E-state index is 0. The van der Waals surface area contributed by atoms with E-state index in [0.717, 1.165) is 45.0 Å². The molecule has 5 nitrogen and oxygen atoms in total. The van der Waals surface area contributed by atoms with Gasteiger partial charge in [0.15, 0.2) is 5.96 Å². The van der Waals surface area contributed by atoms with E-state index in [4.69, 9.17) is 4.99 Å². The van der Waals surface area contributed by atoms with Crippen molar-refractivity contribution >= 4 is 58.7 Å². The van der Waals surface area contributed by atoms with Gasteiger partial charge in [-0.2, -0.15) is 11.8 Å². The van der Waals surface area contributed by atoms with Gasteiger partial charge in [-0.1, -0.05) is 19.1 Å². The lowest BCUT2D eigenvalue weighted by Gasteiger charge is -2.28. The van der Waals surface area contributed by atoms with Gasteiger partial charge in [0.2, 0.25) is 0 Å². The van der Waals surface area contributed by atoms with E-state index < -0.39 is 0 Å². The molecule has 8 heteroatoms. The lowest BCUT2D eigenvalue weighted by Crippen LogP contribution is -2.38. The van der Waals surface area contributed by atoms with Crippen molar-refractivity contribution in [1.82, 2.24) is 15.6 Å². The number of aryl methyl sites for hydroxylation is 1. The fourth-order valence-electron chi connectivity index (χ4n) is 3.06. The minimum Gasteiger partial charge on any atom is -0.370 e. The first-order valence-corrected chi connectivity index (χ1v) is 12.1. The van der Waals surface area contributed by atoms with Crippen molar-refractivity contribution in [3.05, 3.63) is 45.9 Å². The van der Waals surface area contributed by atoms with Crippen LogP contribution in [0.25, 0.3) is 0 Å². The fourth-order valence-corrected chi connectivity index (χ4v) is 4.83. The Hall–Kier alpha value is -1.00. The zero-order chi connectivity index (χ0) is 19.6. The van der Waals surface area contributed by atoms with Crippen LogP contribution in [0, 0.1) is 0 Å².